The number of halogens is 2. The summed E-state index contributed by atoms with van der Waals surface area (Å²) in [5.74, 6) is -2.30. The van der Waals surface area contributed by atoms with Crippen molar-refractivity contribution in [2.75, 3.05) is 6.26 Å². The minimum absolute atomic E-state index is 0.0337. The fourth-order valence-corrected chi connectivity index (χ4v) is 7.89. The van der Waals surface area contributed by atoms with Crippen LogP contribution in [0, 0.1) is 0 Å². The molecule has 2 amide bonds. The molecule has 6 rings (SSSR count). The fourth-order valence-electron chi connectivity index (χ4n) is 6.54. The van der Waals surface area contributed by atoms with E-state index in [0.29, 0.717) is 45.7 Å². The fraction of sp³-hybridized carbons (Fsp3) is 0.312. The van der Waals surface area contributed by atoms with E-state index < -0.39 is 45.7 Å². The lowest BCUT2D eigenvalue weighted by atomic mass is 9.76. The van der Waals surface area contributed by atoms with E-state index in [-0.39, 0.29) is 23.4 Å². The van der Waals surface area contributed by atoms with Gasteiger partial charge in [0.05, 0.1) is 24.8 Å². The van der Waals surface area contributed by atoms with Crippen molar-refractivity contribution in [1.82, 2.24) is 25.2 Å². The van der Waals surface area contributed by atoms with Crippen molar-refractivity contribution in [2.45, 2.75) is 56.3 Å². The van der Waals surface area contributed by atoms with Crippen molar-refractivity contribution >= 4 is 45.0 Å². The molecule has 0 saturated heterocycles. The van der Waals surface area contributed by atoms with E-state index >= 15 is 0 Å². The first-order valence-electron chi connectivity index (χ1n) is 14.9. The first-order chi connectivity index (χ1) is 22.5. The van der Waals surface area contributed by atoms with Crippen LogP contribution in [-0.4, -0.2) is 53.6 Å². The van der Waals surface area contributed by atoms with E-state index in [0.717, 1.165) is 19.1 Å². The molecule has 4 aromatic rings. The Morgan fingerprint density at radius 1 is 1.04 bits per heavy atom. The molecule has 12 nitrogen and oxygen atoms in total. The number of carbonyl (C=O) groups is 2. The summed E-state index contributed by atoms with van der Waals surface area (Å²) < 4.78 is 32.1. The van der Waals surface area contributed by atoms with Gasteiger partial charge in [-0.3, -0.25) is 23.9 Å². The molecule has 3 N–H and O–H groups in total. The monoisotopic (exact) mass is 699 g/mol. The highest BCUT2D eigenvalue weighted by atomic mass is 35.5. The Labute approximate surface area is 280 Å². The molecule has 0 bridgehead atoms. The first-order valence-corrected chi connectivity index (χ1v) is 17.6. The number of benzene rings is 3. The standard InChI is InChI=1S/C32H31Cl2N5O7S/c1-47(43,44)38-25-11-4-5-12-26(25)39-28(23-14-13-20(33)16-24(23)34)27(21-9-2-3-10-22(21)31(39)41)30(40)37-45-17-18-7-6-8-19(15-18)29-35-32(42)46-36-29/h2-3,6-10,13-16,25-28,38H,4-5,11-12,17H2,1H3,(H,37,40)(H,35,36,42)/t25?,26-,27+,28-/m0/s1. The molecular formula is C32H31Cl2N5O7S. The average molecular weight is 701 g/mol. The zero-order valence-electron chi connectivity index (χ0n) is 25.1. The van der Waals surface area contributed by atoms with Gasteiger partial charge in [0.2, 0.25) is 10.0 Å². The minimum atomic E-state index is -3.61. The van der Waals surface area contributed by atoms with Crippen LogP contribution in [0.25, 0.3) is 11.4 Å². The van der Waals surface area contributed by atoms with Gasteiger partial charge in [-0.2, -0.15) is 0 Å². The smallest absolute Gasteiger partial charge is 0.326 e. The molecule has 1 unspecified atom stereocenters. The maximum Gasteiger partial charge on any atom is 0.439 e. The Morgan fingerprint density at radius 2 is 1.83 bits per heavy atom. The average Bonchev–Trinajstić information content (AvgIpc) is 3.47. The highest BCUT2D eigenvalue weighted by Crippen LogP contribution is 2.47. The van der Waals surface area contributed by atoms with Gasteiger partial charge in [0.25, 0.3) is 11.8 Å². The summed E-state index contributed by atoms with van der Waals surface area (Å²) in [6, 6.07) is 16.6. The van der Waals surface area contributed by atoms with Gasteiger partial charge in [-0.05, 0) is 53.8 Å². The SMILES string of the molecule is CS(=O)(=O)NC1CCCC[C@@H]1N1C(=O)c2ccccc2[C@@H](C(=O)NOCc2cccc(-c3noc(=O)[nH]3)c2)[C@@H]1c1ccc(Cl)cc1Cl. The summed E-state index contributed by atoms with van der Waals surface area (Å²) in [5, 5.41) is 4.33. The zero-order chi connectivity index (χ0) is 33.3. The molecule has 246 valence electrons. The molecule has 3 aromatic carbocycles. The van der Waals surface area contributed by atoms with Gasteiger partial charge in [-0.1, -0.05) is 83.7 Å². The predicted molar refractivity (Wildman–Crippen MR) is 174 cm³/mol. The van der Waals surface area contributed by atoms with Crippen molar-refractivity contribution < 1.29 is 27.4 Å². The Kier molecular flexibility index (Phi) is 9.53. The summed E-state index contributed by atoms with van der Waals surface area (Å²) in [4.78, 5) is 49.8. The van der Waals surface area contributed by atoms with E-state index in [1.807, 2.05) is 0 Å². The number of hydrogen-bond donors (Lipinski definition) is 3. The quantitative estimate of drug-likeness (QED) is 0.211. The van der Waals surface area contributed by atoms with E-state index in [4.69, 9.17) is 28.0 Å². The molecule has 0 spiro atoms. The molecule has 15 heteroatoms. The number of carbonyl (C=O) groups excluding carboxylic acids is 2. The second kappa shape index (κ2) is 13.6. The molecule has 1 fully saturated rings. The molecule has 1 aliphatic heterocycles. The molecule has 2 aliphatic rings. The van der Waals surface area contributed by atoms with Crippen molar-refractivity contribution in [3.05, 3.63) is 110 Å². The van der Waals surface area contributed by atoms with Crippen molar-refractivity contribution in [1.29, 1.82) is 0 Å². The van der Waals surface area contributed by atoms with E-state index in [1.165, 1.54) is 0 Å². The number of sulfonamides is 1. The number of hydrogen-bond acceptors (Lipinski definition) is 8. The second-order valence-electron chi connectivity index (χ2n) is 11.6. The molecule has 47 heavy (non-hydrogen) atoms. The number of hydroxylamine groups is 1. The number of fused-ring (bicyclic) bond motifs is 1. The Hall–Kier alpha value is -4.01. The molecule has 1 aromatic heterocycles. The summed E-state index contributed by atoms with van der Waals surface area (Å²) in [6.07, 6.45) is 3.67. The minimum Gasteiger partial charge on any atom is -0.326 e. The molecule has 4 atom stereocenters. The third-order valence-electron chi connectivity index (χ3n) is 8.44. The molecule has 2 heterocycles. The largest absolute Gasteiger partial charge is 0.439 e. The maximum atomic E-state index is 14.4. The van der Waals surface area contributed by atoms with Gasteiger partial charge >= 0.3 is 5.76 Å². The Morgan fingerprint density at radius 3 is 2.57 bits per heavy atom. The first kappa shape index (κ1) is 32.9. The number of rotatable bonds is 9. The summed E-state index contributed by atoms with van der Waals surface area (Å²) in [6.45, 7) is -0.0337. The normalized spacial score (nSPS) is 21.3. The predicted octanol–water partition coefficient (Wildman–Crippen LogP) is 4.73. The van der Waals surface area contributed by atoms with Crippen LogP contribution in [-0.2, 0) is 26.3 Å². The molecular weight excluding hydrogens is 669 g/mol. The summed E-state index contributed by atoms with van der Waals surface area (Å²) >= 11 is 13.0. The second-order valence-corrected chi connectivity index (χ2v) is 14.3. The van der Waals surface area contributed by atoms with Gasteiger partial charge in [-0.25, -0.2) is 23.4 Å². The van der Waals surface area contributed by atoms with Crippen LogP contribution in [0.5, 0.6) is 0 Å². The Bertz CT molecular complexity index is 1980. The van der Waals surface area contributed by atoms with Crippen LogP contribution in [0.15, 0.2) is 76.0 Å². The van der Waals surface area contributed by atoms with E-state index in [1.54, 1.807) is 71.6 Å². The number of nitrogens with zero attached hydrogens (tertiary/aromatic N) is 2. The van der Waals surface area contributed by atoms with Gasteiger partial charge in [0.15, 0.2) is 5.82 Å². The zero-order valence-corrected chi connectivity index (χ0v) is 27.4. The van der Waals surface area contributed by atoms with Gasteiger partial charge in [0.1, 0.15) is 0 Å². The maximum absolute atomic E-state index is 14.4. The number of amides is 2. The highest BCUT2D eigenvalue weighted by molar-refractivity contribution is 7.88. The Balaban J connectivity index is 1.36. The lowest BCUT2D eigenvalue weighted by Gasteiger charge is -2.49. The van der Waals surface area contributed by atoms with Crippen LogP contribution in [0.4, 0.5) is 0 Å². The van der Waals surface area contributed by atoms with Crippen LogP contribution in [0.3, 0.4) is 0 Å². The van der Waals surface area contributed by atoms with Crippen molar-refractivity contribution in [2.24, 2.45) is 0 Å². The lowest BCUT2D eigenvalue weighted by Crippen LogP contribution is -2.59. The topological polar surface area (TPSA) is 164 Å². The molecule has 0 radical (unpaired) electrons. The van der Waals surface area contributed by atoms with Gasteiger partial charge in [-0.15, -0.1) is 0 Å². The van der Waals surface area contributed by atoms with E-state index in [9.17, 15) is 22.8 Å². The lowest BCUT2D eigenvalue weighted by molar-refractivity contribution is -0.138. The third-order valence-corrected chi connectivity index (χ3v) is 9.74. The van der Waals surface area contributed by atoms with Crippen LogP contribution in [0.1, 0.15) is 64.7 Å². The van der Waals surface area contributed by atoms with Gasteiger partial charge < -0.3 is 4.90 Å². The summed E-state index contributed by atoms with van der Waals surface area (Å²) in [7, 11) is -3.61. The van der Waals surface area contributed by atoms with Crippen LogP contribution < -0.4 is 16.0 Å². The van der Waals surface area contributed by atoms with Gasteiger partial charge in [0, 0.05) is 33.3 Å². The number of H-pyrrole nitrogens is 1. The van der Waals surface area contributed by atoms with Crippen molar-refractivity contribution in [3.8, 4) is 11.4 Å². The number of aromatic nitrogens is 2. The molecule has 1 saturated carbocycles. The highest BCUT2D eigenvalue weighted by Gasteiger charge is 2.49. The number of nitrogens with one attached hydrogen (secondary N) is 3. The van der Waals surface area contributed by atoms with Crippen LogP contribution in [0.2, 0.25) is 10.0 Å². The van der Waals surface area contributed by atoms with Crippen LogP contribution >= 0.6 is 23.2 Å². The summed E-state index contributed by atoms with van der Waals surface area (Å²) in [5.41, 5.74) is 5.11. The third kappa shape index (κ3) is 7.14. The van der Waals surface area contributed by atoms with Crippen molar-refractivity contribution in [3.63, 3.8) is 0 Å². The molecule has 1 aliphatic carbocycles. The van der Waals surface area contributed by atoms with E-state index in [2.05, 4.69) is 24.9 Å². The number of aromatic amines is 1.